The summed E-state index contributed by atoms with van der Waals surface area (Å²) >= 11 is 5.10. The van der Waals surface area contributed by atoms with Gasteiger partial charge in [-0.05, 0) is 22.0 Å². The first kappa shape index (κ1) is 14.9. The lowest BCUT2D eigenvalue weighted by Gasteiger charge is -2.01. The van der Waals surface area contributed by atoms with Crippen LogP contribution in [-0.4, -0.2) is 19.5 Å². The minimum absolute atomic E-state index is 0. The lowest BCUT2D eigenvalue weighted by molar-refractivity contribution is -0.120. The van der Waals surface area contributed by atoms with Gasteiger partial charge in [0.15, 0.2) is 0 Å². The highest BCUT2D eigenvalue weighted by molar-refractivity contribution is 9.10. The number of hydrogen-bond acceptors (Lipinski definition) is 3. The zero-order valence-corrected chi connectivity index (χ0v) is 11.6. The number of halogens is 2. The molecule has 0 spiro atoms. The van der Waals surface area contributed by atoms with Gasteiger partial charge in [-0.2, -0.15) is 0 Å². The summed E-state index contributed by atoms with van der Waals surface area (Å²) in [6.07, 6.45) is 0.531. The summed E-state index contributed by atoms with van der Waals surface area (Å²) in [5.74, 6) is 0.0739. The highest BCUT2D eigenvalue weighted by Gasteiger charge is 1.99. The quantitative estimate of drug-likeness (QED) is 0.818. The standard InChI is InChI=1S/C9H13BrN2OS.ClH/c1-11-9(13)2-3-12-5-8-4-7(10)6-14-8;/h4,6,12H,2-3,5H2,1H3,(H,11,13);1H. The molecule has 0 aliphatic rings. The van der Waals surface area contributed by atoms with Gasteiger partial charge in [0, 0.05) is 41.3 Å². The van der Waals surface area contributed by atoms with E-state index in [1.54, 1.807) is 18.4 Å². The molecule has 0 fully saturated rings. The van der Waals surface area contributed by atoms with Gasteiger partial charge in [-0.3, -0.25) is 4.79 Å². The Kier molecular flexibility index (Phi) is 8.04. The first-order valence-corrected chi connectivity index (χ1v) is 6.04. The van der Waals surface area contributed by atoms with E-state index in [-0.39, 0.29) is 18.3 Å². The van der Waals surface area contributed by atoms with Crippen LogP contribution in [0.25, 0.3) is 0 Å². The molecule has 0 aliphatic heterocycles. The van der Waals surface area contributed by atoms with E-state index in [1.807, 2.05) is 0 Å². The normalized spacial score (nSPS) is 9.47. The molecule has 0 aromatic carbocycles. The minimum Gasteiger partial charge on any atom is -0.359 e. The fraction of sp³-hybridized carbons (Fsp3) is 0.444. The van der Waals surface area contributed by atoms with E-state index in [1.165, 1.54) is 4.88 Å². The van der Waals surface area contributed by atoms with Crippen LogP contribution >= 0.6 is 39.7 Å². The zero-order valence-electron chi connectivity index (χ0n) is 8.38. The van der Waals surface area contributed by atoms with E-state index in [2.05, 4.69) is 38.0 Å². The van der Waals surface area contributed by atoms with Gasteiger partial charge in [0.25, 0.3) is 0 Å². The third kappa shape index (κ3) is 6.14. The summed E-state index contributed by atoms with van der Waals surface area (Å²) in [7, 11) is 1.65. The molecule has 0 radical (unpaired) electrons. The Balaban J connectivity index is 0.00000196. The molecule has 1 heterocycles. The van der Waals surface area contributed by atoms with Crippen molar-refractivity contribution in [2.75, 3.05) is 13.6 Å². The first-order chi connectivity index (χ1) is 6.72. The Bertz CT molecular complexity index is 306. The molecule has 0 bridgehead atoms. The molecule has 0 saturated carbocycles. The Labute approximate surface area is 108 Å². The molecule has 0 aliphatic carbocycles. The van der Waals surface area contributed by atoms with Crippen LogP contribution in [0.2, 0.25) is 0 Å². The molecule has 1 rings (SSSR count). The van der Waals surface area contributed by atoms with Crippen LogP contribution in [-0.2, 0) is 11.3 Å². The fourth-order valence-electron chi connectivity index (χ4n) is 0.985. The highest BCUT2D eigenvalue weighted by Crippen LogP contribution is 2.19. The van der Waals surface area contributed by atoms with Gasteiger partial charge in [0.05, 0.1) is 0 Å². The number of carbonyl (C=O) groups excluding carboxylic acids is 1. The van der Waals surface area contributed by atoms with Crippen LogP contribution in [0.1, 0.15) is 11.3 Å². The van der Waals surface area contributed by atoms with Crippen molar-refractivity contribution in [2.45, 2.75) is 13.0 Å². The van der Waals surface area contributed by atoms with E-state index in [9.17, 15) is 4.79 Å². The van der Waals surface area contributed by atoms with Crippen molar-refractivity contribution in [3.05, 3.63) is 20.8 Å². The summed E-state index contributed by atoms with van der Waals surface area (Å²) in [5.41, 5.74) is 0. The first-order valence-electron chi connectivity index (χ1n) is 4.36. The van der Waals surface area contributed by atoms with E-state index < -0.39 is 0 Å². The highest BCUT2D eigenvalue weighted by atomic mass is 79.9. The molecule has 0 atom stereocenters. The van der Waals surface area contributed by atoms with E-state index in [0.29, 0.717) is 6.42 Å². The number of carbonyl (C=O) groups is 1. The molecule has 15 heavy (non-hydrogen) atoms. The van der Waals surface area contributed by atoms with Crippen molar-refractivity contribution < 1.29 is 4.79 Å². The third-order valence-corrected chi connectivity index (χ3v) is 3.43. The summed E-state index contributed by atoms with van der Waals surface area (Å²) in [6, 6.07) is 2.08. The summed E-state index contributed by atoms with van der Waals surface area (Å²) in [4.78, 5) is 12.1. The molecule has 1 aromatic rings. The van der Waals surface area contributed by atoms with Crippen LogP contribution in [0.15, 0.2) is 15.9 Å². The molecule has 6 heteroatoms. The predicted octanol–water partition coefficient (Wildman–Crippen LogP) is 2.16. The largest absolute Gasteiger partial charge is 0.359 e. The van der Waals surface area contributed by atoms with Crippen molar-refractivity contribution in [1.82, 2.24) is 10.6 Å². The van der Waals surface area contributed by atoms with Gasteiger partial charge in [-0.25, -0.2) is 0 Å². The molecule has 1 aromatic heterocycles. The van der Waals surface area contributed by atoms with Crippen LogP contribution in [0.3, 0.4) is 0 Å². The van der Waals surface area contributed by atoms with E-state index >= 15 is 0 Å². The monoisotopic (exact) mass is 312 g/mol. The van der Waals surface area contributed by atoms with E-state index in [4.69, 9.17) is 0 Å². The van der Waals surface area contributed by atoms with Crippen molar-refractivity contribution >= 4 is 45.6 Å². The number of rotatable bonds is 5. The Morgan fingerprint density at radius 2 is 2.33 bits per heavy atom. The number of amides is 1. The van der Waals surface area contributed by atoms with Gasteiger partial charge < -0.3 is 10.6 Å². The van der Waals surface area contributed by atoms with Gasteiger partial charge in [0.2, 0.25) is 5.91 Å². The maximum absolute atomic E-state index is 10.9. The summed E-state index contributed by atoms with van der Waals surface area (Å²) in [5, 5.41) is 7.84. The molecule has 0 saturated heterocycles. The van der Waals surface area contributed by atoms with Crippen LogP contribution in [0.5, 0.6) is 0 Å². The summed E-state index contributed by atoms with van der Waals surface area (Å²) < 4.78 is 1.12. The van der Waals surface area contributed by atoms with Crippen LogP contribution < -0.4 is 10.6 Å². The lowest BCUT2D eigenvalue weighted by atomic mass is 10.4. The smallest absolute Gasteiger partial charge is 0.221 e. The molecular formula is C9H14BrClN2OS. The van der Waals surface area contributed by atoms with Crippen molar-refractivity contribution in [1.29, 1.82) is 0 Å². The van der Waals surface area contributed by atoms with Crippen LogP contribution in [0.4, 0.5) is 0 Å². The molecule has 1 amide bonds. The van der Waals surface area contributed by atoms with Crippen LogP contribution in [0, 0.1) is 0 Å². The number of thiophene rings is 1. The van der Waals surface area contributed by atoms with Crippen molar-refractivity contribution in [2.24, 2.45) is 0 Å². The minimum atomic E-state index is 0. The fourth-order valence-corrected chi connectivity index (χ4v) is 2.41. The zero-order chi connectivity index (χ0) is 10.4. The average molecular weight is 314 g/mol. The summed E-state index contributed by atoms with van der Waals surface area (Å²) in [6.45, 7) is 1.54. The van der Waals surface area contributed by atoms with Gasteiger partial charge in [-0.1, -0.05) is 0 Å². The second kappa shape index (κ2) is 8.10. The number of nitrogens with one attached hydrogen (secondary N) is 2. The third-order valence-electron chi connectivity index (χ3n) is 1.73. The molecule has 2 N–H and O–H groups in total. The van der Waals surface area contributed by atoms with Gasteiger partial charge >= 0.3 is 0 Å². The molecular weight excluding hydrogens is 300 g/mol. The number of hydrogen-bond donors (Lipinski definition) is 2. The predicted molar refractivity (Wildman–Crippen MR) is 69.7 cm³/mol. The second-order valence-electron chi connectivity index (χ2n) is 2.83. The molecule has 0 unspecified atom stereocenters. The topological polar surface area (TPSA) is 41.1 Å². The Morgan fingerprint density at radius 3 is 2.87 bits per heavy atom. The second-order valence-corrected chi connectivity index (χ2v) is 4.74. The lowest BCUT2D eigenvalue weighted by Crippen LogP contribution is -2.24. The van der Waals surface area contributed by atoms with Gasteiger partial charge in [0.1, 0.15) is 0 Å². The Morgan fingerprint density at radius 1 is 1.60 bits per heavy atom. The Hall–Kier alpha value is -0.100. The van der Waals surface area contributed by atoms with Crippen molar-refractivity contribution in [3.8, 4) is 0 Å². The van der Waals surface area contributed by atoms with Gasteiger partial charge in [-0.15, -0.1) is 23.7 Å². The maximum Gasteiger partial charge on any atom is 0.221 e. The molecule has 3 nitrogen and oxygen atoms in total. The van der Waals surface area contributed by atoms with Crippen molar-refractivity contribution in [3.63, 3.8) is 0 Å². The van der Waals surface area contributed by atoms with E-state index in [0.717, 1.165) is 17.6 Å². The maximum atomic E-state index is 10.9. The molecule has 86 valence electrons. The SMILES string of the molecule is CNC(=O)CCNCc1cc(Br)cs1.Cl. The average Bonchev–Trinajstić information content (AvgIpc) is 2.58.